The summed E-state index contributed by atoms with van der Waals surface area (Å²) >= 11 is 1.61. The molecule has 0 aliphatic carbocycles. The van der Waals surface area contributed by atoms with Gasteiger partial charge in [-0.2, -0.15) is 0 Å². The van der Waals surface area contributed by atoms with Crippen LogP contribution in [0.5, 0.6) is 0 Å². The van der Waals surface area contributed by atoms with E-state index in [1.165, 1.54) is 11.1 Å². The van der Waals surface area contributed by atoms with Gasteiger partial charge in [0.15, 0.2) is 0 Å². The van der Waals surface area contributed by atoms with Crippen molar-refractivity contribution in [3.8, 4) is 0 Å². The van der Waals surface area contributed by atoms with Crippen molar-refractivity contribution in [1.82, 2.24) is 4.98 Å². The number of hydrogen-bond donors (Lipinski definition) is 1. The molecule has 0 aliphatic rings. The second-order valence-electron chi connectivity index (χ2n) is 4.70. The summed E-state index contributed by atoms with van der Waals surface area (Å²) in [5.74, 6) is 0.128. The molecular weight excluding hydrogens is 264 g/mol. The predicted octanol–water partition coefficient (Wildman–Crippen LogP) is 3.98. The number of hydrogen-bond acceptors (Lipinski definition) is 3. The molecule has 0 aliphatic heterocycles. The first kappa shape index (κ1) is 13.0. The molecule has 0 bridgehead atoms. The van der Waals surface area contributed by atoms with Gasteiger partial charge in [0.25, 0.3) is 0 Å². The van der Waals surface area contributed by atoms with E-state index in [1.807, 2.05) is 23.7 Å². The van der Waals surface area contributed by atoms with Gasteiger partial charge in [-0.25, -0.2) is 4.98 Å². The highest BCUT2D eigenvalue weighted by atomic mass is 32.1. The summed E-state index contributed by atoms with van der Waals surface area (Å²) in [6, 6.07) is 20.7. The Bertz CT molecular complexity index is 596. The van der Waals surface area contributed by atoms with Crippen LogP contribution in [0.3, 0.4) is 0 Å². The van der Waals surface area contributed by atoms with Crippen LogP contribution in [-0.2, 0) is 0 Å². The molecule has 2 N–H and O–H groups in total. The summed E-state index contributed by atoms with van der Waals surface area (Å²) in [5, 5.41) is 2.95. The summed E-state index contributed by atoms with van der Waals surface area (Å²) in [6.45, 7) is 0. The Labute approximate surface area is 122 Å². The average Bonchev–Trinajstić information content (AvgIpc) is 3.04. The van der Waals surface area contributed by atoms with Gasteiger partial charge < -0.3 is 5.73 Å². The normalized spacial score (nSPS) is 12.5. The monoisotopic (exact) mass is 280 g/mol. The van der Waals surface area contributed by atoms with E-state index in [0.29, 0.717) is 0 Å². The zero-order valence-electron chi connectivity index (χ0n) is 11.0. The average molecular weight is 280 g/mol. The Morgan fingerprint density at radius 1 is 0.850 bits per heavy atom. The second kappa shape index (κ2) is 5.99. The van der Waals surface area contributed by atoms with Crippen LogP contribution < -0.4 is 5.73 Å². The minimum atomic E-state index is -0.125. The minimum absolute atomic E-state index is 0.125. The molecule has 1 aromatic heterocycles. The van der Waals surface area contributed by atoms with E-state index in [0.717, 1.165) is 5.01 Å². The van der Waals surface area contributed by atoms with Crippen molar-refractivity contribution < 1.29 is 0 Å². The molecule has 2 nitrogen and oxygen atoms in total. The molecule has 0 saturated heterocycles. The van der Waals surface area contributed by atoms with Crippen molar-refractivity contribution in [2.24, 2.45) is 5.73 Å². The molecule has 3 rings (SSSR count). The molecule has 3 aromatic rings. The van der Waals surface area contributed by atoms with Crippen LogP contribution in [0.25, 0.3) is 0 Å². The highest BCUT2D eigenvalue weighted by Crippen LogP contribution is 2.35. The third-order valence-electron chi connectivity index (χ3n) is 3.41. The summed E-state index contributed by atoms with van der Waals surface area (Å²) in [4.78, 5) is 4.38. The lowest BCUT2D eigenvalue weighted by molar-refractivity contribution is 0.625. The molecule has 0 fully saturated rings. The number of rotatable bonds is 4. The lowest BCUT2D eigenvalue weighted by atomic mass is 9.86. The lowest BCUT2D eigenvalue weighted by Gasteiger charge is -2.23. The molecule has 3 heteroatoms. The molecule has 2 aromatic carbocycles. The quantitative estimate of drug-likeness (QED) is 0.785. The maximum atomic E-state index is 6.50. The smallest absolute Gasteiger partial charge is 0.110 e. The van der Waals surface area contributed by atoms with Crippen molar-refractivity contribution in [1.29, 1.82) is 0 Å². The van der Waals surface area contributed by atoms with Gasteiger partial charge >= 0.3 is 0 Å². The molecular formula is C17H16N2S. The Kier molecular flexibility index (Phi) is 3.90. The fraction of sp³-hybridized carbons (Fsp3) is 0.118. The molecule has 100 valence electrons. The molecule has 0 saturated carbocycles. The van der Waals surface area contributed by atoms with E-state index in [1.54, 1.807) is 11.3 Å². The third kappa shape index (κ3) is 2.64. The molecule has 0 spiro atoms. The molecule has 20 heavy (non-hydrogen) atoms. The van der Waals surface area contributed by atoms with E-state index < -0.39 is 0 Å². The van der Waals surface area contributed by atoms with Crippen LogP contribution in [0.2, 0.25) is 0 Å². The minimum Gasteiger partial charge on any atom is -0.321 e. The Morgan fingerprint density at radius 2 is 1.40 bits per heavy atom. The number of nitrogens with two attached hydrogens (primary N) is 1. The molecule has 0 radical (unpaired) electrons. The van der Waals surface area contributed by atoms with E-state index in [4.69, 9.17) is 5.73 Å². The van der Waals surface area contributed by atoms with Gasteiger partial charge in [0.05, 0.1) is 6.04 Å². The van der Waals surface area contributed by atoms with Gasteiger partial charge in [-0.15, -0.1) is 11.3 Å². The van der Waals surface area contributed by atoms with Crippen molar-refractivity contribution in [3.63, 3.8) is 0 Å². The van der Waals surface area contributed by atoms with E-state index >= 15 is 0 Å². The fourth-order valence-electron chi connectivity index (χ4n) is 2.47. The van der Waals surface area contributed by atoms with Crippen molar-refractivity contribution in [2.75, 3.05) is 0 Å². The Balaban J connectivity index is 2.05. The zero-order chi connectivity index (χ0) is 13.8. The summed E-state index contributed by atoms with van der Waals surface area (Å²) in [6.07, 6.45) is 1.81. The summed E-state index contributed by atoms with van der Waals surface area (Å²) < 4.78 is 0. The first-order valence-corrected chi connectivity index (χ1v) is 7.49. The first-order chi connectivity index (χ1) is 9.86. The SMILES string of the molecule is NC(c1nccs1)C(c1ccccc1)c1ccccc1. The van der Waals surface area contributed by atoms with Crippen molar-refractivity contribution >= 4 is 11.3 Å². The van der Waals surface area contributed by atoms with E-state index in [-0.39, 0.29) is 12.0 Å². The summed E-state index contributed by atoms with van der Waals surface area (Å²) in [7, 11) is 0. The standard InChI is InChI=1S/C17H16N2S/c18-16(17-19-11-12-20-17)15(13-7-3-1-4-8-13)14-9-5-2-6-10-14/h1-12,15-16H,18H2. The number of benzene rings is 2. The van der Waals surface area contributed by atoms with Crippen molar-refractivity contribution in [2.45, 2.75) is 12.0 Å². The Hall–Kier alpha value is -1.97. The largest absolute Gasteiger partial charge is 0.321 e. The van der Waals surface area contributed by atoms with Crippen LogP contribution in [0, 0.1) is 0 Å². The Morgan fingerprint density at radius 3 is 1.85 bits per heavy atom. The van der Waals surface area contributed by atoms with Crippen LogP contribution in [0.4, 0.5) is 0 Å². The molecule has 1 atom stereocenters. The summed E-state index contributed by atoms with van der Waals surface area (Å²) in [5.41, 5.74) is 8.94. The van der Waals surface area contributed by atoms with Crippen molar-refractivity contribution in [3.05, 3.63) is 88.4 Å². The highest BCUT2D eigenvalue weighted by molar-refractivity contribution is 7.09. The number of nitrogens with zero attached hydrogens (tertiary/aromatic N) is 1. The predicted molar refractivity (Wildman–Crippen MR) is 83.8 cm³/mol. The fourth-order valence-corrected chi connectivity index (χ4v) is 3.15. The van der Waals surface area contributed by atoms with Gasteiger partial charge in [-0.05, 0) is 11.1 Å². The van der Waals surface area contributed by atoms with E-state index in [9.17, 15) is 0 Å². The molecule has 1 unspecified atom stereocenters. The second-order valence-corrected chi connectivity index (χ2v) is 5.62. The van der Waals surface area contributed by atoms with Gasteiger partial charge in [0, 0.05) is 17.5 Å². The van der Waals surface area contributed by atoms with Crippen LogP contribution in [0.1, 0.15) is 28.1 Å². The van der Waals surface area contributed by atoms with E-state index in [2.05, 4.69) is 53.5 Å². The third-order valence-corrected chi connectivity index (χ3v) is 4.29. The van der Waals surface area contributed by atoms with Gasteiger partial charge in [0.2, 0.25) is 0 Å². The van der Waals surface area contributed by atoms with Crippen LogP contribution in [0.15, 0.2) is 72.2 Å². The number of aromatic nitrogens is 1. The maximum absolute atomic E-state index is 6.50. The maximum Gasteiger partial charge on any atom is 0.110 e. The number of thiazole rings is 1. The first-order valence-electron chi connectivity index (χ1n) is 6.61. The topological polar surface area (TPSA) is 38.9 Å². The molecule has 0 amide bonds. The van der Waals surface area contributed by atoms with Crippen LogP contribution in [-0.4, -0.2) is 4.98 Å². The van der Waals surface area contributed by atoms with Gasteiger partial charge in [-0.1, -0.05) is 60.7 Å². The molecule has 1 heterocycles. The lowest BCUT2D eigenvalue weighted by Crippen LogP contribution is -2.20. The zero-order valence-corrected chi connectivity index (χ0v) is 11.8. The highest BCUT2D eigenvalue weighted by Gasteiger charge is 2.24. The van der Waals surface area contributed by atoms with Gasteiger partial charge in [-0.3, -0.25) is 0 Å². The van der Waals surface area contributed by atoms with Crippen LogP contribution >= 0.6 is 11.3 Å². The van der Waals surface area contributed by atoms with Gasteiger partial charge in [0.1, 0.15) is 5.01 Å².